The molecule has 0 aliphatic heterocycles. The number of ether oxygens (including phenoxy) is 1. The Labute approximate surface area is 221 Å². The third kappa shape index (κ3) is 6.46. The van der Waals surface area contributed by atoms with Crippen molar-refractivity contribution in [2.24, 2.45) is 5.41 Å². The van der Waals surface area contributed by atoms with Crippen molar-refractivity contribution in [1.82, 2.24) is 4.98 Å². The van der Waals surface area contributed by atoms with Gasteiger partial charge in [0.15, 0.2) is 0 Å². The van der Waals surface area contributed by atoms with Gasteiger partial charge in [-0.3, -0.25) is 19.8 Å². The summed E-state index contributed by atoms with van der Waals surface area (Å²) in [4.78, 5) is 28.6. The lowest BCUT2D eigenvalue weighted by molar-refractivity contribution is -0.123. The van der Waals surface area contributed by atoms with E-state index in [1.165, 1.54) is 6.07 Å². The quantitative estimate of drug-likeness (QED) is 0.277. The first kappa shape index (κ1) is 26.6. The highest BCUT2D eigenvalue weighted by Crippen LogP contribution is 2.30. The number of aromatic nitrogens is 1. The van der Waals surface area contributed by atoms with Crippen molar-refractivity contribution >= 4 is 49.9 Å². The zero-order valence-corrected chi connectivity index (χ0v) is 22.0. The maximum atomic E-state index is 13.3. The number of hydrogen-bond donors (Lipinski definition) is 3. The van der Waals surface area contributed by atoms with Crippen LogP contribution < -0.4 is 15.4 Å². The van der Waals surface area contributed by atoms with E-state index in [9.17, 15) is 18.0 Å². The molecule has 4 rings (SSSR count). The Kier molecular flexibility index (Phi) is 7.63. The van der Waals surface area contributed by atoms with Gasteiger partial charge in [0, 0.05) is 45.5 Å². The molecule has 2 amide bonds. The van der Waals surface area contributed by atoms with Crippen LogP contribution in [0.2, 0.25) is 0 Å². The van der Waals surface area contributed by atoms with E-state index in [4.69, 9.17) is 4.74 Å². The van der Waals surface area contributed by atoms with Gasteiger partial charge in [0.05, 0.1) is 10.6 Å². The molecule has 0 atom stereocenters. The van der Waals surface area contributed by atoms with Crippen LogP contribution in [0.5, 0.6) is 0 Å². The first-order valence-corrected chi connectivity index (χ1v) is 13.3. The van der Waals surface area contributed by atoms with Crippen LogP contribution in [0.4, 0.5) is 21.9 Å². The molecule has 4 aromatic rings. The van der Waals surface area contributed by atoms with Crippen molar-refractivity contribution in [3.05, 3.63) is 90.8 Å². The van der Waals surface area contributed by atoms with Crippen molar-refractivity contribution in [2.45, 2.75) is 32.3 Å². The summed E-state index contributed by atoms with van der Waals surface area (Å²) in [6.07, 6.45) is 2.56. The number of fused-ring (bicyclic) bond motifs is 1. The highest BCUT2D eigenvalue weighted by molar-refractivity contribution is 7.93. The Hall–Kier alpha value is -4.44. The maximum absolute atomic E-state index is 13.3. The van der Waals surface area contributed by atoms with Crippen molar-refractivity contribution in [3.63, 3.8) is 0 Å². The van der Waals surface area contributed by atoms with Crippen LogP contribution in [0, 0.1) is 5.41 Å². The number of nitrogens with one attached hydrogen (secondary N) is 3. The summed E-state index contributed by atoms with van der Waals surface area (Å²) >= 11 is 0. The third-order valence-corrected chi connectivity index (χ3v) is 7.02. The Morgan fingerprint density at radius 3 is 2.21 bits per heavy atom. The first-order chi connectivity index (χ1) is 18.0. The van der Waals surface area contributed by atoms with Gasteiger partial charge in [0.2, 0.25) is 5.91 Å². The Bertz CT molecular complexity index is 1560. The Balaban J connectivity index is 1.51. The molecule has 0 radical (unpaired) electrons. The van der Waals surface area contributed by atoms with E-state index in [1.807, 2.05) is 0 Å². The Morgan fingerprint density at radius 2 is 1.53 bits per heavy atom. The topological polar surface area (TPSA) is 126 Å². The molecule has 0 aliphatic rings. The molecule has 196 valence electrons. The van der Waals surface area contributed by atoms with Crippen LogP contribution in [-0.4, -0.2) is 25.4 Å². The van der Waals surface area contributed by atoms with E-state index in [0.717, 1.165) is 5.56 Å². The van der Waals surface area contributed by atoms with Crippen LogP contribution in [0.15, 0.2) is 90.1 Å². The Morgan fingerprint density at radius 1 is 0.842 bits per heavy atom. The van der Waals surface area contributed by atoms with E-state index < -0.39 is 21.5 Å². The molecular weight excluding hydrogens is 504 g/mol. The lowest BCUT2D eigenvalue weighted by atomic mass is 9.95. The largest absolute Gasteiger partial charge is 0.444 e. The zero-order valence-electron chi connectivity index (χ0n) is 21.2. The molecule has 0 fully saturated rings. The summed E-state index contributed by atoms with van der Waals surface area (Å²) in [5, 5.41) is 6.45. The van der Waals surface area contributed by atoms with Crippen molar-refractivity contribution in [2.75, 3.05) is 15.4 Å². The molecule has 3 N–H and O–H groups in total. The van der Waals surface area contributed by atoms with E-state index in [-0.39, 0.29) is 17.4 Å². The molecule has 0 bridgehead atoms. The van der Waals surface area contributed by atoms with Gasteiger partial charge in [-0.1, -0.05) is 51.1 Å². The van der Waals surface area contributed by atoms with Gasteiger partial charge in [-0.25, -0.2) is 13.2 Å². The predicted octanol–water partition coefficient (Wildman–Crippen LogP) is 5.77. The number of hydrogen-bond acceptors (Lipinski definition) is 6. The zero-order chi connectivity index (χ0) is 27.3. The summed E-state index contributed by atoms with van der Waals surface area (Å²) in [5.74, 6) is -0.146. The molecule has 0 aliphatic carbocycles. The third-order valence-electron chi connectivity index (χ3n) is 5.58. The van der Waals surface area contributed by atoms with Gasteiger partial charge in [0.25, 0.3) is 10.0 Å². The molecule has 3 aromatic carbocycles. The average Bonchev–Trinajstić information content (AvgIpc) is 2.88. The number of sulfonamides is 1. The number of carbonyl (C=O) groups excluding carboxylic acids is 2. The number of nitrogens with zero attached hydrogens (tertiary/aromatic N) is 1. The number of amides is 2. The fraction of sp³-hybridized carbons (Fsp3) is 0.179. The monoisotopic (exact) mass is 532 g/mol. The highest BCUT2D eigenvalue weighted by Gasteiger charge is 2.22. The number of anilines is 3. The van der Waals surface area contributed by atoms with E-state index in [2.05, 4.69) is 20.3 Å². The second-order valence-electron chi connectivity index (χ2n) is 9.61. The number of carbonyl (C=O) groups is 2. The maximum Gasteiger partial charge on any atom is 0.411 e. The van der Waals surface area contributed by atoms with E-state index >= 15 is 0 Å². The molecule has 38 heavy (non-hydrogen) atoms. The van der Waals surface area contributed by atoms with Crippen LogP contribution in [0.25, 0.3) is 10.8 Å². The minimum atomic E-state index is -3.98. The molecule has 0 saturated carbocycles. The van der Waals surface area contributed by atoms with Crippen molar-refractivity contribution in [1.29, 1.82) is 0 Å². The second-order valence-corrected chi connectivity index (χ2v) is 11.3. The van der Waals surface area contributed by atoms with Crippen molar-refractivity contribution in [3.8, 4) is 0 Å². The first-order valence-electron chi connectivity index (χ1n) is 11.8. The fourth-order valence-electron chi connectivity index (χ4n) is 3.55. The molecule has 0 unspecified atom stereocenters. The van der Waals surface area contributed by atoms with Crippen LogP contribution in [0.1, 0.15) is 26.3 Å². The number of rotatable bonds is 7. The summed E-state index contributed by atoms with van der Waals surface area (Å²) in [7, 11) is -3.98. The van der Waals surface area contributed by atoms with Gasteiger partial charge in [0.1, 0.15) is 6.61 Å². The lowest BCUT2D eigenvalue weighted by Crippen LogP contribution is -2.27. The molecule has 1 heterocycles. The number of pyridine rings is 1. The van der Waals surface area contributed by atoms with Gasteiger partial charge in [-0.15, -0.1) is 0 Å². The van der Waals surface area contributed by atoms with Gasteiger partial charge >= 0.3 is 6.09 Å². The number of benzene rings is 3. The summed E-state index contributed by atoms with van der Waals surface area (Å²) in [6.45, 7) is 5.47. The summed E-state index contributed by atoms with van der Waals surface area (Å²) in [5.41, 5.74) is 1.49. The van der Waals surface area contributed by atoms with Crippen LogP contribution in [-0.2, 0) is 26.2 Å². The highest BCUT2D eigenvalue weighted by atomic mass is 32.2. The standard InChI is InChI=1S/C28H28N4O5S/c1-28(2,3)26(33)30-20-12-14-21(15-13-20)32-38(35,36)25-11-5-8-22-23(25)9-4-10-24(22)31-27(34)37-18-19-7-6-16-29-17-19/h4-17,32H,18H2,1-3H3,(H,30,33)(H,31,34). The molecule has 10 heteroatoms. The average molecular weight is 533 g/mol. The van der Waals surface area contributed by atoms with Gasteiger partial charge in [-0.05, 0) is 42.5 Å². The molecular formula is C28H28N4O5S. The summed E-state index contributed by atoms with van der Waals surface area (Å²) < 4.78 is 34.4. The molecule has 0 saturated heterocycles. The molecule has 1 aromatic heterocycles. The van der Waals surface area contributed by atoms with Crippen molar-refractivity contribution < 1.29 is 22.7 Å². The minimum Gasteiger partial charge on any atom is -0.444 e. The van der Waals surface area contributed by atoms with E-state index in [0.29, 0.717) is 27.8 Å². The fourth-order valence-corrected chi connectivity index (χ4v) is 4.83. The normalized spacial score (nSPS) is 11.6. The predicted molar refractivity (Wildman–Crippen MR) is 147 cm³/mol. The van der Waals surface area contributed by atoms with Gasteiger partial charge in [-0.2, -0.15) is 0 Å². The summed E-state index contributed by atoms with van der Waals surface area (Å²) in [6, 6.07) is 19.8. The van der Waals surface area contributed by atoms with Crippen LogP contribution in [0.3, 0.4) is 0 Å². The van der Waals surface area contributed by atoms with E-state index in [1.54, 1.807) is 99.9 Å². The molecule has 9 nitrogen and oxygen atoms in total. The molecule has 0 spiro atoms. The SMILES string of the molecule is CC(C)(C)C(=O)Nc1ccc(NS(=O)(=O)c2cccc3c(NC(=O)OCc4cccnc4)cccc23)cc1. The lowest BCUT2D eigenvalue weighted by Gasteiger charge is -2.18. The second kappa shape index (κ2) is 10.9. The minimum absolute atomic E-state index is 0.0483. The van der Waals surface area contributed by atoms with Crippen LogP contribution >= 0.6 is 0 Å². The van der Waals surface area contributed by atoms with Gasteiger partial charge < -0.3 is 10.1 Å². The smallest absolute Gasteiger partial charge is 0.411 e.